The van der Waals surface area contributed by atoms with Gasteiger partial charge in [0.1, 0.15) is 0 Å². The first kappa shape index (κ1) is 13.6. The summed E-state index contributed by atoms with van der Waals surface area (Å²) < 4.78 is 0. The zero-order chi connectivity index (χ0) is 13.3. The Balaban J connectivity index is 2.19. The van der Waals surface area contributed by atoms with E-state index >= 15 is 0 Å². The lowest BCUT2D eigenvalue weighted by Gasteiger charge is -2.35. The van der Waals surface area contributed by atoms with Crippen LogP contribution in [0.25, 0.3) is 0 Å². The molecule has 0 saturated heterocycles. The van der Waals surface area contributed by atoms with E-state index in [4.69, 9.17) is 0 Å². The summed E-state index contributed by atoms with van der Waals surface area (Å²) in [6, 6.07) is 6.41. The van der Waals surface area contributed by atoms with Gasteiger partial charge in [-0.15, -0.1) is 0 Å². The maximum absolute atomic E-state index is 10.7. The Morgan fingerprint density at radius 2 is 1.67 bits per heavy atom. The Morgan fingerprint density at radius 3 is 2.28 bits per heavy atom. The molecule has 3 atom stereocenters. The first-order chi connectivity index (χ1) is 8.47. The van der Waals surface area contributed by atoms with E-state index in [1.165, 1.54) is 30.4 Å². The predicted molar refractivity (Wildman–Crippen MR) is 76.5 cm³/mol. The summed E-state index contributed by atoms with van der Waals surface area (Å²) in [7, 11) is 0. The second kappa shape index (κ2) is 5.44. The van der Waals surface area contributed by atoms with Crippen molar-refractivity contribution in [2.75, 3.05) is 0 Å². The molecule has 0 bridgehead atoms. The van der Waals surface area contributed by atoms with Crippen molar-refractivity contribution in [2.45, 2.75) is 53.1 Å². The van der Waals surface area contributed by atoms with Gasteiger partial charge in [-0.1, -0.05) is 37.6 Å². The Morgan fingerprint density at radius 1 is 1.06 bits per heavy atom. The van der Waals surface area contributed by atoms with E-state index in [-0.39, 0.29) is 6.10 Å². The normalized spacial score (nSPS) is 30.2. The van der Waals surface area contributed by atoms with Crippen LogP contribution in [-0.4, -0.2) is 5.11 Å². The molecule has 18 heavy (non-hydrogen) atoms. The summed E-state index contributed by atoms with van der Waals surface area (Å²) >= 11 is 0. The zero-order valence-electron chi connectivity index (χ0n) is 12.1. The van der Waals surface area contributed by atoms with Crippen molar-refractivity contribution in [3.63, 3.8) is 0 Å². The Labute approximate surface area is 111 Å². The van der Waals surface area contributed by atoms with Gasteiger partial charge in [0.2, 0.25) is 0 Å². The highest BCUT2D eigenvalue weighted by molar-refractivity contribution is 5.32. The molecule has 1 saturated carbocycles. The SMILES string of the molecule is Cc1ccc(C)c(C(O)C2CC(C)CC(C)C2)c1. The minimum atomic E-state index is -0.282. The highest BCUT2D eigenvalue weighted by atomic mass is 16.3. The molecule has 2 rings (SSSR count). The van der Waals surface area contributed by atoms with E-state index in [2.05, 4.69) is 45.9 Å². The van der Waals surface area contributed by atoms with E-state index in [0.717, 1.165) is 17.4 Å². The number of rotatable bonds is 2. The van der Waals surface area contributed by atoms with E-state index in [0.29, 0.717) is 5.92 Å². The molecule has 0 radical (unpaired) electrons. The van der Waals surface area contributed by atoms with Gasteiger partial charge in [-0.25, -0.2) is 0 Å². The van der Waals surface area contributed by atoms with Crippen LogP contribution >= 0.6 is 0 Å². The molecular formula is C17H26O. The number of benzene rings is 1. The van der Waals surface area contributed by atoms with E-state index in [1.54, 1.807) is 0 Å². The van der Waals surface area contributed by atoms with E-state index in [1.807, 2.05) is 0 Å². The highest BCUT2D eigenvalue weighted by Crippen LogP contribution is 2.40. The molecule has 1 aromatic carbocycles. The molecule has 1 heteroatoms. The average Bonchev–Trinajstić information content (AvgIpc) is 2.30. The van der Waals surface area contributed by atoms with E-state index < -0.39 is 0 Å². The molecule has 1 aromatic rings. The topological polar surface area (TPSA) is 20.2 Å². The molecule has 1 aliphatic carbocycles. The third-order valence-corrected chi connectivity index (χ3v) is 4.41. The number of aliphatic hydroxyl groups is 1. The Hall–Kier alpha value is -0.820. The van der Waals surface area contributed by atoms with E-state index in [9.17, 15) is 5.11 Å². The monoisotopic (exact) mass is 246 g/mol. The van der Waals surface area contributed by atoms with Gasteiger partial charge in [0, 0.05) is 0 Å². The van der Waals surface area contributed by atoms with Crippen molar-refractivity contribution < 1.29 is 5.11 Å². The van der Waals surface area contributed by atoms with Crippen LogP contribution in [0.4, 0.5) is 0 Å². The van der Waals surface area contributed by atoms with Gasteiger partial charge >= 0.3 is 0 Å². The highest BCUT2D eigenvalue weighted by Gasteiger charge is 2.30. The summed E-state index contributed by atoms with van der Waals surface area (Å²) in [4.78, 5) is 0. The van der Waals surface area contributed by atoms with Crippen molar-refractivity contribution in [3.05, 3.63) is 34.9 Å². The first-order valence-corrected chi connectivity index (χ1v) is 7.22. The van der Waals surface area contributed by atoms with Crippen LogP contribution in [-0.2, 0) is 0 Å². The smallest absolute Gasteiger partial charge is 0.0821 e. The standard InChI is InChI=1S/C17H26O/c1-11-5-6-14(4)16(10-11)17(18)15-8-12(2)7-13(3)9-15/h5-6,10,12-13,15,17-18H,7-9H2,1-4H3. The molecule has 100 valence electrons. The van der Waals surface area contributed by atoms with Gasteiger partial charge in [0.25, 0.3) is 0 Å². The molecule has 0 aromatic heterocycles. The first-order valence-electron chi connectivity index (χ1n) is 7.22. The molecule has 1 fully saturated rings. The summed E-state index contributed by atoms with van der Waals surface area (Å²) in [5.74, 6) is 1.93. The number of hydrogen-bond acceptors (Lipinski definition) is 1. The molecule has 3 unspecified atom stereocenters. The molecule has 1 N–H and O–H groups in total. The molecule has 1 nitrogen and oxygen atoms in total. The van der Waals surface area contributed by atoms with Gasteiger partial charge in [-0.2, -0.15) is 0 Å². The minimum absolute atomic E-state index is 0.282. The summed E-state index contributed by atoms with van der Waals surface area (Å²) in [6.45, 7) is 8.84. The van der Waals surface area contributed by atoms with Gasteiger partial charge in [-0.05, 0) is 62.0 Å². The van der Waals surface area contributed by atoms with Crippen molar-refractivity contribution in [3.8, 4) is 0 Å². The fourth-order valence-electron chi connectivity index (χ4n) is 3.60. The average molecular weight is 246 g/mol. The van der Waals surface area contributed by atoms with Crippen LogP contribution in [0.3, 0.4) is 0 Å². The molecule has 0 spiro atoms. The second-order valence-electron chi connectivity index (χ2n) is 6.48. The van der Waals surface area contributed by atoms with Crippen molar-refractivity contribution >= 4 is 0 Å². The van der Waals surface area contributed by atoms with Crippen LogP contribution in [0.5, 0.6) is 0 Å². The number of aryl methyl sites for hydroxylation is 2. The minimum Gasteiger partial charge on any atom is -0.388 e. The van der Waals surface area contributed by atoms with Gasteiger partial charge in [0.15, 0.2) is 0 Å². The van der Waals surface area contributed by atoms with Gasteiger partial charge < -0.3 is 5.11 Å². The summed E-state index contributed by atoms with van der Waals surface area (Å²) in [5.41, 5.74) is 3.60. The molecule has 0 heterocycles. The fourth-order valence-corrected chi connectivity index (χ4v) is 3.60. The zero-order valence-corrected chi connectivity index (χ0v) is 12.1. The van der Waals surface area contributed by atoms with Crippen LogP contribution in [0.1, 0.15) is 55.9 Å². The molecule has 0 amide bonds. The van der Waals surface area contributed by atoms with Crippen LogP contribution < -0.4 is 0 Å². The summed E-state index contributed by atoms with van der Waals surface area (Å²) in [5, 5.41) is 10.7. The molecule has 0 aliphatic heterocycles. The van der Waals surface area contributed by atoms with Crippen molar-refractivity contribution in [2.24, 2.45) is 17.8 Å². The lowest BCUT2D eigenvalue weighted by molar-refractivity contribution is 0.0547. The Bertz CT molecular complexity index is 400. The van der Waals surface area contributed by atoms with Crippen molar-refractivity contribution in [1.82, 2.24) is 0 Å². The van der Waals surface area contributed by atoms with Crippen LogP contribution in [0.15, 0.2) is 18.2 Å². The lowest BCUT2D eigenvalue weighted by atomic mass is 9.73. The largest absolute Gasteiger partial charge is 0.388 e. The van der Waals surface area contributed by atoms with Crippen LogP contribution in [0.2, 0.25) is 0 Å². The number of hydrogen-bond donors (Lipinski definition) is 1. The third-order valence-electron chi connectivity index (χ3n) is 4.41. The second-order valence-corrected chi connectivity index (χ2v) is 6.48. The number of aliphatic hydroxyl groups excluding tert-OH is 1. The van der Waals surface area contributed by atoms with Gasteiger partial charge in [0.05, 0.1) is 6.10 Å². The van der Waals surface area contributed by atoms with Crippen molar-refractivity contribution in [1.29, 1.82) is 0 Å². The third kappa shape index (κ3) is 2.95. The maximum Gasteiger partial charge on any atom is 0.0821 e. The predicted octanol–water partition coefficient (Wildman–Crippen LogP) is 4.41. The maximum atomic E-state index is 10.7. The summed E-state index contributed by atoms with van der Waals surface area (Å²) in [6.07, 6.45) is 3.36. The Kier molecular flexibility index (Phi) is 4.11. The van der Waals surface area contributed by atoms with Crippen LogP contribution in [0, 0.1) is 31.6 Å². The molecular weight excluding hydrogens is 220 g/mol. The lowest BCUT2D eigenvalue weighted by Crippen LogP contribution is -2.25. The quantitative estimate of drug-likeness (QED) is 0.819. The van der Waals surface area contributed by atoms with Gasteiger partial charge in [-0.3, -0.25) is 0 Å². The molecule has 1 aliphatic rings. The fraction of sp³-hybridized carbons (Fsp3) is 0.647.